The van der Waals surface area contributed by atoms with Crippen LogP contribution in [0.25, 0.3) is 0 Å². The molecule has 0 spiro atoms. The van der Waals surface area contributed by atoms with Crippen molar-refractivity contribution in [3.63, 3.8) is 0 Å². The summed E-state index contributed by atoms with van der Waals surface area (Å²) in [5, 5.41) is 7.80. The molecule has 138 valence electrons. The van der Waals surface area contributed by atoms with Crippen LogP contribution in [0.3, 0.4) is 0 Å². The summed E-state index contributed by atoms with van der Waals surface area (Å²) in [6.07, 6.45) is 1.93. The molecule has 0 aliphatic rings. The van der Waals surface area contributed by atoms with Crippen molar-refractivity contribution >= 4 is 40.3 Å². The molecule has 0 unspecified atom stereocenters. The van der Waals surface area contributed by atoms with E-state index in [1.807, 2.05) is 53.9 Å². The summed E-state index contributed by atoms with van der Waals surface area (Å²) in [4.78, 5) is 12.6. The lowest BCUT2D eigenvalue weighted by Crippen LogP contribution is -2.33. The second-order valence-corrected chi connectivity index (χ2v) is 7.21. The lowest BCUT2D eigenvalue weighted by Gasteiger charge is -2.11. The minimum absolute atomic E-state index is 0.212. The molecule has 0 atom stereocenters. The van der Waals surface area contributed by atoms with Gasteiger partial charge in [0.1, 0.15) is 5.75 Å². The normalized spacial score (nSPS) is 10.2. The van der Waals surface area contributed by atoms with Crippen LogP contribution in [-0.4, -0.2) is 17.6 Å². The van der Waals surface area contributed by atoms with Crippen LogP contribution in [0, 0.1) is 0 Å². The first-order valence-corrected chi connectivity index (χ1v) is 9.92. The van der Waals surface area contributed by atoms with E-state index in [-0.39, 0.29) is 11.0 Å². The smallest absolute Gasteiger partial charge is 0.267 e. The number of hydrogen-bond donors (Lipinski definition) is 2. The summed E-state index contributed by atoms with van der Waals surface area (Å²) in [5.41, 5.74) is 2.08. The number of amides is 1. The maximum absolute atomic E-state index is 12.0. The van der Waals surface area contributed by atoms with E-state index < -0.39 is 0 Å². The fraction of sp³-hybridized carbons (Fsp3) is 0.143. The van der Waals surface area contributed by atoms with Crippen LogP contribution in [0.1, 0.15) is 21.7 Å². The third kappa shape index (κ3) is 6.20. The minimum atomic E-state index is -0.212. The Labute approximate surface area is 168 Å². The average Bonchev–Trinajstić information content (AvgIpc) is 3.21. The van der Waals surface area contributed by atoms with Crippen LogP contribution in [-0.2, 0) is 6.42 Å². The van der Waals surface area contributed by atoms with Crippen molar-refractivity contribution in [2.75, 3.05) is 11.9 Å². The molecule has 3 rings (SSSR count). The molecule has 1 aromatic heterocycles. The predicted molar refractivity (Wildman–Crippen MR) is 115 cm³/mol. The van der Waals surface area contributed by atoms with E-state index in [1.54, 1.807) is 6.07 Å². The summed E-state index contributed by atoms with van der Waals surface area (Å²) in [7, 11) is 0. The molecule has 0 fully saturated rings. The molecule has 27 heavy (non-hydrogen) atoms. The van der Waals surface area contributed by atoms with Gasteiger partial charge in [0, 0.05) is 11.8 Å². The van der Waals surface area contributed by atoms with Crippen molar-refractivity contribution in [3.8, 4) is 5.75 Å². The Morgan fingerprint density at radius 3 is 2.67 bits per heavy atom. The highest BCUT2D eigenvalue weighted by Crippen LogP contribution is 2.18. The standard InChI is InChI=1S/C21H20N2O2S2/c24-20(19-12-6-14-27-19)23-21(26)22-17-10-4-11-18(15-17)25-13-5-9-16-7-2-1-3-8-16/h1-4,6-8,10-12,14-15H,5,9,13H2,(H2,22,23,24,26). The van der Waals surface area contributed by atoms with Crippen molar-refractivity contribution in [2.24, 2.45) is 0 Å². The number of thiocarbonyl (C=S) groups is 1. The number of anilines is 1. The molecule has 0 aliphatic carbocycles. The summed E-state index contributed by atoms with van der Waals surface area (Å²) in [5.74, 6) is 0.552. The number of rotatable bonds is 7. The van der Waals surface area contributed by atoms with Gasteiger partial charge in [-0.05, 0) is 54.2 Å². The van der Waals surface area contributed by atoms with Gasteiger partial charge in [-0.3, -0.25) is 10.1 Å². The highest BCUT2D eigenvalue weighted by atomic mass is 32.1. The van der Waals surface area contributed by atoms with Crippen LogP contribution in [0.15, 0.2) is 72.1 Å². The third-order valence-electron chi connectivity index (χ3n) is 3.79. The molecule has 0 aliphatic heterocycles. The molecule has 2 aromatic carbocycles. The number of thiophene rings is 1. The van der Waals surface area contributed by atoms with Gasteiger partial charge in [-0.15, -0.1) is 11.3 Å². The van der Waals surface area contributed by atoms with Crippen molar-refractivity contribution in [2.45, 2.75) is 12.8 Å². The molecule has 2 N–H and O–H groups in total. The molecular formula is C21H20N2O2S2. The first-order chi connectivity index (χ1) is 13.2. The van der Waals surface area contributed by atoms with Crippen molar-refractivity contribution in [1.29, 1.82) is 0 Å². The average molecular weight is 397 g/mol. The molecule has 1 amide bonds. The van der Waals surface area contributed by atoms with E-state index in [4.69, 9.17) is 17.0 Å². The molecule has 1 heterocycles. The van der Waals surface area contributed by atoms with E-state index in [9.17, 15) is 4.79 Å². The summed E-state index contributed by atoms with van der Waals surface area (Å²) >= 11 is 6.58. The summed E-state index contributed by atoms with van der Waals surface area (Å²) < 4.78 is 5.82. The quantitative estimate of drug-likeness (QED) is 0.441. The molecule has 0 radical (unpaired) electrons. The fourth-order valence-electron chi connectivity index (χ4n) is 2.51. The number of carbonyl (C=O) groups excluding carboxylic acids is 1. The predicted octanol–water partition coefficient (Wildman–Crippen LogP) is 4.89. The number of ether oxygens (including phenoxy) is 1. The van der Waals surface area contributed by atoms with Gasteiger partial charge in [-0.2, -0.15) is 0 Å². The molecular weight excluding hydrogens is 376 g/mol. The first-order valence-electron chi connectivity index (χ1n) is 8.63. The van der Waals surface area contributed by atoms with Crippen molar-refractivity contribution < 1.29 is 9.53 Å². The maximum atomic E-state index is 12.0. The van der Waals surface area contributed by atoms with Gasteiger partial charge in [0.15, 0.2) is 5.11 Å². The number of carbonyl (C=O) groups is 1. The van der Waals surface area contributed by atoms with Gasteiger partial charge >= 0.3 is 0 Å². The van der Waals surface area contributed by atoms with Gasteiger partial charge in [0.25, 0.3) is 5.91 Å². The molecule has 0 saturated heterocycles. The van der Waals surface area contributed by atoms with Gasteiger partial charge in [-0.25, -0.2) is 0 Å². The zero-order chi connectivity index (χ0) is 18.9. The summed E-state index contributed by atoms with van der Waals surface area (Å²) in [6, 6.07) is 21.5. The zero-order valence-corrected chi connectivity index (χ0v) is 16.3. The second-order valence-electron chi connectivity index (χ2n) is 5.85. The Kier molecular flexibility index (Phi) is 6.96. The van der Waals surface area contributed by atoms with Gasteiger partial charge in [0.2, 0.25) is 0 Å². The van der Waals surface area contributed by atoms with Gasteiger partial charge < -0.3 is 10.1 Å². The largest absolute Gasteiger partial charge is 0.494 e. The number of hydrogen-bond acceptors (Lipinski definition) is 4. The van der Waals surface area contributed by atoms with Crippen molar-refractivity contribution in [3.05, 3.63) is 82.6 Å². The van der Waals surface area contributed by atoms with Crippen LogP contribution in [0.4, 0.5) is 5.69 Å². The Balaban J connectivity index is 1.45. The highest BCUT2D eigenvalue weighted by molar-refractivity contribution is 7.80. The Morgan fingerprint density at radius 1 is 1.04 bits per heavy atom. The molecule has 3 aromatic rings. The Morgan fingerprint density at radius 2 is 1.89 bits per heavy atom. The van der Waals surface area contributed by atoms with E-state index in [1.165, 1.54) is 16.9 Å². The fourth-order valence-corrected chi connectivity index (χ4v) is 3.34. The lowest BCUT2D eigenvalue weighted by molar-refractivity contribution is 0.0981. The van der Waals surface area contributed by atoms with Crippen LogP contribution < -0.4 is 15.4 Å². The minimum Gasteiger partial charge on any atom is -0.494 e. The number of aryl methyl sites for hydroxylation is 1. The van der Waals surface area contributed by atoms with E-state index >= 15 is 0 Å². The maximum Gasteiger partial charge on any atom is 0.267 e. The lowest BCUT2D eigenvalue weighted by atomic mass is 10.1. The molecule has 6 heteroatoms. The topological polar surface area (TPSA) is 50.4 Å². The Hall–Kier alpha value is -2.70. The third-order valence-corrected chi connectivity index (χ3v) is 4.86. The zero-order valence-electron chi connectivity index (χ0n) is 14.7. The van der Waals surface area contributed by atoms with E-state index in [0.717, 1.165) is 24.3 Å². The number of benzene rings is 2. The molecule has 0 saturated carbocycles. The summed E-state index contributed by atoms with van der Waals surface area (Å²) in [6.45, 7) is 0.637. The second kappa shape index (κ2) is 9.85. The Bertz CT molecular complexity index is 880. The van der Waals surface area contributed by atoms with E-state index in [0.29, 0.717) is 11.5 Å². The van der Waals surface area contributed by atoms with Gasteiger partial charge in [0.05, 0.1) is 11.5 Å². The molecule has 4 nitrogen and oxygen atoms in total. The van der Waals surface area contributed by atoms with Crippen LogP contribution in [0.2, 0.25) is 0 Å². The van der Waals surface area contributed by atoms with E-state index in [2.05, 4.69) is 22.8 Å². The monoisotopic (exact) mass is 396 g/mol. The van der Waals surface area contributed by atoms with Crippen LogP contribution >= 0.6 is 23.6 Å². The highest BCUT2D eigenvalue weighted by Gasteiger charge is 2.08. The van der Waals surface area contributed by atoms with Gasteiger partial charge in [-0.1, -0.05) is 42.5 Å². The molecule has 0 bridgehead atoms. The number of nitrogens with one attached hydrogen (secondary N) is 2. The van der Waals surface area contributed by atoms with Crippen LogP contribution in [0.5, 0.6) is 5.75 Å². The van der Waals surface area contributed by atoms with Crippen molar-refractivity contribution in [1.82, 2.24) is 5.32 Å². The first kappa shape index (κ1) is 19.1. The SMILES string of the molecule is O=C(NC(=S)Nc1cccc(OCCCc2ccccc2)c1)c1cccs1.